The molecule has 1 aliphatic carbocycles. The maximum atomic E-state index is 13.0. The number of hydrogen-bond donors (Lipinski definition) is 1. The SMILES string of the molecule is Cc1cccc(Oc2c(CN(CC3CC3)C(=O)NC(C)C)c(C)nn2-c2ccccc2)c1. The molecule has 0 radical (unpaired) electrons. The summed E-state index contributed by atoms with van der Waals surface area (Å²) in [7, 11) is 0. The maximum absolute atomic E-state index is 13.0. The lowest BCUT2D eigenvalue weighted by molar-refractivity contribution is 0.189. The molecule has 0 unspecified atom stereocenters. The van der Waals surface area contributed by atoms with Gasteiger partial charge in [-0.15, -0.1) is 0 Å². The first-order valence-electron chi connectivity index (χ1n) is 11.3. The molecule has 0 aliphatic heterocycles. The van der Waals surface area contributed by atoms with E-state index in [1.807, 2.05) is 91.9 Å². The molecular weight excluding hydrogens is 400 g/mol. The van der Waals surface area contributed by atoms with Crippen molar-refractivity contribution in [2.24, 2.45) is 5.92 Å². The van der Waals surface area contributed by atoms with Crippen LogP contribution in [-0.2, 0) is 6.54 Å². The lowest BCUT2D eigenvalue weighted by Crippen LogP contribution is -2.43. The van der Waals surface area contributed by atoms with E-state index in [9.17, 15) is 4.79 Å². The van der Waals surface area contributed by atoms with Gasteiger partial charge in [-0.1, -0.05) is 30.3 Å². The van der Waals surface area contributed by atoms with Gasteiger partial charge in [0.15, 0.2) is 0 Å². The molecule has 6 heteroatoms. The lowest BCUT2D eigenvalue weighted by Gasteiger charge is -2.25. The molecule has 3 aromatic rings. The third-order valence-electron chi connectivity index (χ3n) is 5.57. The largest absolute Gasteiger partial charge is 0.439 e. The number of aromatic nitrogens is 2. The molecule has 1 heterocycles. The number of para-hydroxylation sites is 1. The summed E-state index contributed by atoms with van der Waals surface area (Å²) in [6, 6.07) is 18.0. The number of urea groups is 1. The van der Waals surface area contributed by atoms with Gasteiger partial charge in [-0.2, -0.15) is 5.10 Å². The van der Waals surface area contributed by atoms with Crippen LogP contribution in [0.5, 0.6) is 11.6 Å². The van der Waals surface area contributed by atoms with Gasteiger partial charge < -0.3 is 15.0 Å². The van der Waals surface area contributed by atoms with Crippen molar-refractivity contribution in [2.45, 2.75) is 53.1 Å². The predicted octanol–water partition coefficient (Wildman–Crippen LogP) is 5.61. The first kappa shape index (κ1) is 21.9. The Hall–Kier alpha value is -3.28. The summed E-state index contributed by atoms with van der Waals surface area (Å²) >= 11 is 0. The van der Waals surface area contributed by atoms with Crippen molar-refractivity contribution in [2.75, 3.05) is 6.54 Å². The maximum Gasteiger partial charge on any atom is 0.317 e. The Morgan fingerprint density at radius 2 is 1.91 bits per heavy atom. The molecule has 0 spiro atoms. The highest BCUT2D eigenvalue weighted by atomic mass is 16.5. The number of aryl methyl sites for hydroxylation is 2. The molecule has 1 saturated carbocycles. The standard InChI is InChI=1S/C26H32N4O2/c1-18(2)27-26(31)29(16-21-13-14-21)17-24-20(4)28-30(22-10-6-5-7-11-22)25(24)32-23-12-8-9-19(3)15-23/h5-12,15,18,21H,13-14,16-17H2,1-4H3,(H,27,31). The molecule has 2 amide bonds. The number of benzene rings is 2. The first-order valence-corrected chi connectivity index (χ1v) is 11.3. The molecule has 168 valence electrons. The minimum absolute atomic E-state index is 0.0414. The number of carbonyl (C=O) groups excluding carboxylic acids is 1. The minimum Gasteiger partial charge on any atom is -0.439 e. The fourth-order valence-electron chi connectivity index (χ4n) is 3.72. The Morgan fingerprint density at radius 1 is 1.16 bits per heavy atom. The zero-order chi connectivity index (χ0) is 22.7. The van der Waals surface area contributed by atoms with Gasteiger partial charge in [-0.25, -0.2) is 9.48 Å². The van der Waals surface area contributed by atoms with E-state index >= 15 is 0 Å². The van der Waals surface area contributed by atoms with Crippen molar-refractivity contribution in [1.29, 1.82) is 0 Å². The summed E-state index contributed by atoms with van der Waals surface area (Å²) < 4.78 is 8.26. The molecule has 2 aromatic carbocycles. The topological polar surface area (TPSA) is 59.4 Å². The normalized spacial score (nSPS) is 13.3. The second-order valence-electron chi connectivity index (χ2n) is 8.96. The Morgan fingerprint density at radius 3 is 2.56 bits per heavy atom. The van der Waals surface area contributed by atoms with Crippen LogP contribution in [0.1, 0.15) is 43.5 Å². The summed E-state index contributed by atoms with van der Waals surface area (Å²) in [5.74, 6) is 1.99. The zero-order valence-corrected chi connectivity index (χ0v) is 19.3. The van der Waals surface area contributed by atoms with Crippen molar-refractivity contribution in [1.82, 2.24) is 20.0 Å². The number of nitrogens with zero attached hydrogens (tertiary/aromatic N) is 3. The average Bonchev–Trinajstić information content (AvgIpc) is 3.52. The number of carbonyl (C=O) groups is 1. The van der Waals surface area contributed by atoms with Gasteiger partial charge in [0.05, 0.1) is 23.5 Å². The third kappa shape index (κ3) is 5.31. The summed E-state index contributed by atoms with van der Waals surface area (Å²) in [5, 5.41) is 7.85. The van der Waals surface area contributed by atoms with Crippen LogP contribution in [0.15, 0.2) is 54.6 Å². The van der Waals surface area contributed by atoms with E-state index in [0.29, 0.717) is 18.3 Å². The molecular formula is C26H32N4O2. The van der Waals surface area contributed by atoms with Gasteiger partial charge in [-0.3, -0.25) is 0 Å². The van der Waals surface area contributed by atoms with E-state index in [4.69, 9.17) is 9.84 Å². The van der Waals surface area contributed by atoms with Crippen LogP contribution < -0.4 is 10.1 Å². The quantitative estimate of drug-likeness (QED) is 0.503. The van der Waals surface area contributed by atoms with Gasteiger partial charge in [0.1, 0.15) is 5.75 Å². The van der Waals surface area contributed by atoms with Crippen molar-refractivity contribution < 1.29 is 9.53 Å². The molecule has 0 atom stereocenters. The molecule has 0 bridgehead atoms. The van der Waals surface area contributed by atoms with Crippen molar-refractivity contribution >= 4 is 6.03 Å². The fourth-order valence-corrected chi connectivity index (χ4v) is 3.72. The highest BCUT2D eigenvalue weighted by molar-refractivity contribution is 5.74. The van der Waals surface area contributed by atoms with Gasteiger partial charge in [0, 0.05) is 12.6 Å². The third-order valence-corrected chi connectivity index (χ3v) is 5.57. The zero-order valence-electron chi connectivity index (χ0n) is 19.3. The van der Waals surface area contributed by atoms with Crippen LogP contribution in [0.4, 0.5) is 4.79 Å². The number of amides is 2. The summed E-state index contributed by atoms with van der Waals surface area (Å²) in [4.78, 5) is 14.9. The predicted molar refractivity (Wildman–Crippen MR) is 126 cm³/mol. The van der Waals surface area contributed by atoms with Gasteiger partial charge in [-0.05, 0) is 76.3 Å². The molecule has 0 saturated heterocycles. The van der Waals surface area contributed by atoms with Gasteiger partial charge in [0.2, 0.25) is 5.88 Å². The molecule has 4 rings (SSSR count). The monoisotopic (exact) mass is 432 g/mol. The van der Waals surface area contributed by atoms with Gasteiger partial charge >= 0.3 is 6.03 Å². The molecule has 1 aromatic heterocycles. The van der Waals surface area contributed by atoms with Crippen molar-refractivity contribution in [3.8, 4) is 17.3 Å². The molecule has 6 nitrogen and oxygen atoms in total. The van der Waals surface area contributed by atoms with E-state index in [2.05, 4.69) is 5.32 Å². The smallest absolute Gasteiger partial charge is 0.317 e. The van der Waals surface area contributed by atoms with E-state index in [0.717, 1.165) is 34.8 Å². The summed E-state index contributed by atoms with van der Waals surface area (Å²) in [6.07, 6.45) is 2.36. The number of ether oxygens (including phenoxy) is 1. The molecule has 1 aliphatic rings. The van der Waals surface area contributed by atoms with Crippen LogP contribution in [0.2, 0.25) is 0 Å². The number of hydrogen-bond acceptors (Lipinski definition) is 3. The first-order chi connectivity index (χ1) is 15.4. The minimum atomic E-state index is -0.0414. The Labute approximate surface area is 190 Å². The molecule has 1 N–H and O–H groups in total. The van der Waals surface area contributed by atoms with E-state index in [1.54, 1.807) is 0 Å². The molecule has 32 heavy (non-hydrogen) atoms. The Bertz CT molecular complexity index is 1070. The second-order valence-corrected chi connectivity index (χ2v) is 8.96. The van der Waals surface area contributed by atoms with Crippen molar-refractivity contribution in [3.63, 3.8) is 0 Å². The van der Waals surface area contributed by atoms with Crippen LogP contribution in [-0.4, -0.2) is 33.3 Å². The summed E-state index contributed by atoms with van der Waals surface area (Å²) in [6.45, 7) is 9.19. The van der Waals surface area contributed by atoms with Crippen LogP contribution in [0.25, 0.3) is 5.69 Å². The second kappa shape index (κ2) is 9.47. The number of rotatable bonds is 8. The summed E-state index contributed by atoms with van der Waals surface area (Å²) in [5.41, 5.74) is 3.83. The fraction of sp³-hybridized carbons (Fsp3) is 0.385. The van der Waals surface area contributed by atoms with Gasteiger partial charge in [0.25, 0.3) is 0 Å². The van der Waals surface area contributed by atoms with Crippen LogP contribution in [0, 0.1) is 19.8 Å². The Balaban J connectivity index is 1.72. The van der Waals surface area contributed by atoms with Crippen LogP contribution in [0.3, 0.4) is 0 Å². The average molecular weight is 433 g/mol. The van der Waals surface area contributed by atoms with E-state index in [1.165, 1.54) is 12.8 Å². The highest BCUT2D eigenvalue weighted by Gasteiger charge is 2.29. The van der Waals surface area contributed by atoms with Crippen molar-refractivity contribution in [3.05, 3.63) is 71.4 Å². The van der Waals surface area contributed by atoms with E-state index < -0.39 is 0 Å². The number of nitrogens with one attached hydrogen (secondary N) is 1. The highest BCUT2D eigenvalue weighted by Crippen LogP contribution is 2.34. The Kier molecular flexibility index (Phi) is 6.49. The van der Waals surface area contributed by atoms with E-state index in [-0.39, 0.29) is 12.1 Å². The molecule has 1 fully saturated rings. The lowest BCUT2D eigenvalue weighted by atomic mass is 10.2. The van der Waals surface area contributed by atoms with Crippen LogP contribution >= 0.6 is 0 Å².